The van der Waals surface area contributed by atoms with Crippen LogP contribution >= 0.6 is 11.3 Å². The van der Waals surface area contributed by atoms with Crippen molar-refractivity contribution in [2.75, 3.05) is 19.6 Å². The fourth-order valence-corrected chi connectivity index (χ4v) is 5.84. The lowest BCUT2D eigenvalue weighted by Crippen LogP contribution is -2.60. The fraction of sp³-hybridized carbons (Fsp3) is 0.500. The Morgan fingerprint density at radius 1 is 1.22 bits per heavy atom. The van der Waals surface area contributed by atoms with Crippen LogP contribution in [0, 0.1) is 0 Å². The second-order valence-corrected chi connectivity index (χ2v) is 10.6. The van der Waals surface area contributed by atoms with Crippen molar-refractivity contribution in [1.29, 1.82) is 0 Å². The standard InChI is InChI=1S/C26H35N7O3S/c27-26(28)30-12-4-7-19(15-22-29-13-14-37-22)31-25(36)21-10-9-20-16-32(17-24(35)33(20)21)23(34)11-8-18-5-2-1-3-6-18/h1-3,5-6,13-14,19-21H,4,7-12,15-17H2,(H,31,36)(H4,27,28,30). The third-order valence-electron chi connectivity index (χ3n) is 6.93. The predicted octanol–water partition coefficient (Wildman–Crippen LogP) is 1.06. The molecule has 10 nitrogen and oxygen atoms in total. The molecule has 0 saturated carbocycles. The highest BCUT2D eigenvalue weighted by Crippen LogP contribution is 2.29. The molecule has 3 heterocycles. The summed E-state index contributed by atoms with van der Waals surface area (Å²) in [6.07, 6.45) is 6.07. The summed E-state index contributed by atoms with van der Waals surface area (Å²) >= 11 is 1.55. The number of hydrogen-bond acceptors (Lipinski definition) is 6. The van der Waals surface area contributed by atoms with Gasteiger partial charge in [0.05, 0.1) is 17.6 Å². The summed E-state index contributed by atoms with van der Waals surface area (Å²) in [5, 5.41) is 6.00. The first-order chi connectivity index (χ1) is 17.9. The Balaban J connectivity index is 1.32. The van der Waals surface area contributed by atoms with E-state index in [9.17, 15) is 14.4 Å². The number of benzene rings is 1. The molecule has 3 unspecified atom stereocenters. The van der Waals surface area contributed by atoms with Gasteiger partial charge in [-0.05, 0) is 37.7 Å². The maximum absolute atomic E-state index is 13.3. The van der Waals surface area contributed by atoms with Crippen molar-refractivity contribution in [3.63, 3.8) is 0 Å². The van der Waals surface area contributed by atoms with Crippen LogP contribution < -0.4 is 16.8 Å². The van der Waals surface area contributed by atoms with Gasteiger partial charge in [-0.15, -0.1) is 11.3 Å². The number of carbonyl (C=O) groups excluding carboxylic acids is 3. The Morgan fingerprint density at radius 2 is 2.03 bits per heavy atom. The number of piperazine rings is 1. The number of rotatable bonds is 11. The highest BCUT2D eigenvalue weighted by atomic mass is 32.1. The third kappa shape index (κ3) is 7.28. The van der Waals surface area contributed by atoms with Crippen molar-refractivity contribution >= 4 is 35.0 Å². The van der Waals surface area contributed by atoms with E-state index in [0.717, 1.165) is 10.6 Å². The van der Waals surface area contributed by atoms with Crippen LogP contribution in [0.2, 0.25) is 0 Å². The maximum Gasteiger partial charge on any atom is 0.243 e. The number of carbonyl (C=O) groups is 3. The van der Waals surface area contributed by atoms with Gasteiger partial charge in [0.15, 0.2) is 5.96 Å². The molecule has 11 heteroatoms. The molecule has 37 heavy (non-hydrogen) atoms. The molecule has 2 aliphatic heterocycles. The van der Waals surface area contributed by atoms with E-state index in [0.29, 0.717) is 58.0 Å². The quantitative estimate of drug-likeness (QED) is 0.227. The summed E-state index contributed by atoms with van der Waals surface area (Å²) < 4.78 is 0. The summed E-state index contributed by atoms with van der Waals surface area (Å²) in [6, 6.07) is 9.08. The van der Waals surface area contributed by atoms with Gasteiger partial charge in [0, 0.05) is 43.5 Å². The molecule has 0 spiro atoms. The second-order valence-electron chi connectivity index (χ2n) is 9.59. The average molecular weight is 526 g/mol. The zero-order chi connectivity index (χ0) is 26.2. The first kappa shape index (κ1) is 26.6. The Labute approximate surface area is 221 Å². The molecular formula is C26H35N7O3S. The third-order valence-corrected chi connectivity index (χ3v) is 7.73. The number of nitrogens with two attached hydrogens (primary N) is 2. The number of aliphatic imine (C=N–C) groups is 1. The van der Waals surface area contributed by atoms with Crippen molar-refractivity contribution in [1.82, 2.24) is 20.1 Å². The number of aryl methyl sites for hydroxylation is 1. The zero-order valence-corrected chi connectivity index (χ0v) is 21.7. The van der Waals surface area contributed by atoms with Crippen molar-refractivity contribution in [3.05, 3.63) is 52.5 Å². The molecule has 1 aromatic carbocycles. The molecule has 2 saturated heterocycles. The molecule has 4 rings (SSSR count). The number of nitrogens with zero attached hydrogens (tertiary/aromatic N) is 4. The van der Waals surface area contributed by atoms with E-state index in [-0.39, 0.29) is 42.3 Å². The smallest absolute Gasteiger partial charge is 0.243 e. The highest BCUT2D eigenvalue weighted by Gasteiger charge is 2.45. The van der Waals surface area contributed by atoms with E-state index in [1.54, 1.807) is 27.3 Å². The van der Waals surface area contributed by atoms with E-state index in [1.165, 1.54) is 0 Å². The van der Waals surface area contributed by atoms with Crippen LogP contribution in [0.3, 0.4) is 0 Å². The largest absolute Gasteiger partial charge is 0.370 e. The van der Waals surface area contributed by atoms with Crippen molar-refractivity contribution in [2.24, 2.45) is 16.5 Å². The van der Waals surface area contributed by atoms with E-state index < -0.39 is 6.04 Å². The molecule has 1 aromatic heterocycles. The summed E-state index contributed by atoms with van der Waals surface area (Å²) in [7, 11) is 0. The van der Waals surface area contributed by atoms with E-state index >= 15 is 0 Å². The van der Waals surface area contributed by atoms with Gasteiger partial charge in [-0.25, -0.2) is 4.98 Å². The number of aromatic nitrogens is 1. The van der Waals surface area contributed by atoms with Crippen LogP contribution in [-0.4, -0.2) is 76.2 Å². The molecule has 3 amide bonds. The predicted molar refractivity (Wildman–Crippen MR) is 143 cm³/mol. The number of guanidine groups is 1. The number of nitrogens with one attached hydrogen (secondary N) is 1. The Hall–Kier alpha value is -3.47. The maximum atomic E-state index is 13.3. The number of thiazole rings is 1. The minimum absolute atomic E-state index is 0.0194. The Kier molecular flexibility index (Phi) is 9.10. The van der Waals surface area contributed by atoms with E-state index in [4.69, 9.17) is 11.5 Å². The lowest BCUT2D eigenvalue weighted by atomic mass is 10.1. The van der Waals surface area contributed by atoms with Crippen LogP contribution in [0.25, 0.3) is 0 Å². The molecule has 0 radical (unpaired) electrons. The summed E-state index contributed by atoms with van der Waals surface area (Å²) in [4.78, 5) is 51.0. The normalized spacial score (nSPS) is 19.8. The first-order valence-electron chi connectivity index (χ1n) is 12.8. The van der Waals surface area contributed by atoms with Gasteiger partial charge in [0.1, 0.15) is 6.04 Å². The van der Waals surface area contributed by atoms with Gasteiger partial charge in [0.25, 0.3) is 0 Å². The minimum atomic E-state index is -0.518. The molecule has 0 bridgehead atoms. The van der Waals surface area contributed by atoms with Gasteiger partial charge in [0.2, 0.25) is 17.7 Å². The van der Waals surface area contributed by atoms with Crippen LogP contribution in [0.15, 0.2) is 46.9 Å². The number of hydrogen-bond donors (Lipinski definition) is 3. The Bertz CT molecular complexity index is 1090. The monoisotopic (exact) mass is 525 g/mol. The zero-order valence-electron chi connectivity index (χ0n) is 20.9. The Morgan fingerprint density at radius 3 is 2.76 bits per heavy atom. The van der Waals surface area contributed by atoms with E-state index in [1.807, 2.05) is 35.7 Å². The van der Waals surface area contributed by atoms with Gasteiger partial charge < -0.3 is 26.6 Å². The molecule has 3 atom stereocenters. The molecule has 198 valence electrons. The molecule has 2 aromatic rings. The van der Waals surface area contributed by atoms with Crippen LogP contribution in [0.4, 0.5) is 0 Å². The fourth-order valence-electron chi connectivity index (χ4n) is 5.14. The number of amides is 3. The highest BCUT2D eigenvalue weighted by molar-refractivity contribution is 7.09. The van der Waals surface area contributed by atoms with Gasteiger partial charge in [-0.1, -0.05) is 30.3 Å². The lowest BCUT2D eigenvalue weighted by Gasteiger charge is -2.39. The van der Waals surface area contributed by atoms with Crippen LogP contribution in [0.5, 0.6) is 0 Å². The molecule has 0 aliphatic carbocycles. The molecule has 2 aliphatic rings. The summed E-state index contributed by atoms with van der Waals surface area (Å²) in [5.74, 6) is -0.281. The summed E-state index contributed by atoms with van der Waals surface area (Å²) in [6.45, 7) is 0.982. The van der Waals surface area contributed by atoms with Gasteiger partial charge in [-0.3, -0.25) is 19.4 Å². The van der Waals surface area contributed by atoms with Gasteiger partial charge >= 0.3 is 0 Å². The molecule has 5 N–H and O–H groups in total. The molecule has 2 fully saturated rings. The van der Waals surface area contributed by atoms with Crippen molar-refractivity contribution in [3.8, 4) is 0 Å². The second kappa shape index (κ2) is 12.7. The topological polar surface area (TPSA) is 147 Å². The molecular weight excluding hydrogens is 490 g/mol. The minimum Gasteiger partial charge on any atom is -0.370 e. The lowest BCUT2D eigenvalue weighted by molar-refractivity contribution is -0.151. The van der Waals surface area contributed by atoms with Gasteiger partial charge in [-0.2, -0.15) is 0 Å². The van der Waals surface area contributed by atoms with Crippen LogP contribution in [0.1, 0.15) is 42.7 Å². The SMILES string of the molecule is NC(N)=NCCCC(Cc1nccs1)NC(=O)C1CCC2CN(C(=O)CCc3ccccc3)CC(=O)N21. The first-order valence-corrected chi connectivity index (χ1v) is 13.7. The average Bonchev–Trinajstić information content (AvgIpc) is 3.56. The van der Waals surface area contributed by atoms with Crippen molar-refractivity contribution < 1.29 is 14.4 Å². The van der Waals surface area contributed by atoms with Crippen LogP contribution in [-0.2, 0) is 27.2 Å². The van der Waals surface area contributed by atoms with Crippen molar-refractivity contribution in [2.45, 2.75) is 63.1 Å². The van der Waals surface area contributed by atoms with E-state index in [2.05, 4.69) is 15.3 Å². The summed E-state index contributed by atoms with van der Waals surface area (Å²) in [5.41, 5.74) is 11.9. The number of fused-ring (bicyclic) bond motifs is 1.